The highest BCUT2D eigenvalue weighted by Gasteiger charge is 2.32. The van der Waals surface area contributed by atoms with Gasteiger partial charge in [-0.25, -0.2) is 0 Å². The lowest BCUT2D eigenvalue weighted by Gasteiger charge is -2.25. The zero-order valence-electron chi connectivity index (χ0n) is 7.14. The summed E-state index contributed by atoms with van der Waals surface area (Å²) in [6, 6.07) is 0. The molecule has 1 aliphatic heterocycles. The van der Waals surface area contributed by atoms with Crippen molar-refractivity contribution in [3.8, 4) is 0 Å². The minimum Gasteiger partial charge on any atom is -0.385 e. The molecule has 0 radical (unpaired) electrons. The van der Waals surface area contributed by atoms with Crippen molar-refractivity contribution < 1.29 is 4.74 Å². The Morgan fingerprint density at radius 1 is 1.64 bits per heavy atom. The van der Waals surface area contributed by atoms with Gasteiger partial charge in [0, 0.05) is 25.0 Å². The Hall–Kier alpha value is 0.270. The molecule has 1 atom stereocenters. The Labute approximate surface area is 72.9 Å². The van der Waals surface area contributed by atoms with E-state index in [0.29, 0.717) is 4.75 Å². The summed E-state index contributed by atoms with van der Waals surface area (Å²) in [5.41, 5.74) is 5.73. The summed E-state index contributed by atoms with van der Waals surface area (Å²) in [5, 5.41) is 0. The normalized spacial score (nSPS) is 31.1. The van der Waals surface area contributed by atoms with Gasteiger partial charge in [-0.3, -0.25) is 0 Å². The molecule has 0 saturated carbocycles. The lowest BCUT2D eigenvalue weighted by molar-refractivity contribution is 0.183. The average molecular weight is 175 g/mol. The van der Waals surface area contributed by atoms with Gasteiger partial charge >= 0.3 is 0 Å². The molecule has 0 aliphatic carbocycles. The first kappa shape index (κ1) is 9.36. The maximum Gasteiger partial charge on any atom is 0.0476 e. The fraction of sp³-hybridized carbons (Fsp3) is 1.00. The lowest BCUT2D eigenvalue weighted by Crippen LogP contribution is -2.32. The van der Waals surface area contributed by atoms with E-state index in [9.17, 15) is 0 Å². The molecular formula is C8H17NOS. The van der Waals surface area contributed by atoms with E-state index >= 15 is 0 Å². The third-order valence-electron chi connectivity index (χ3n) is 2.32. The van der Waals surface area contributed by atoms with E-state index in [1.807, 2.05) is 11.8 Å². The minimum absolute atomic E-state index is 0.357. The number of rotatable bonds is 4. The second-order valence-corrected chi connectivity index (χ2v) is 4.64. The van der Waals surface area contributed by atoms with Crippen molar-refractivity contribution in [3.05, 3.63) is 0 Å². The molecule has 11 heavy (non-hydrogen) atoms. The molecule has 1 unspecified atom stereocenters. The van der Waals surface area contributed by atoms with Crippen LogP contribution in [0.1, 0.15) is 19.3 Å². The van der Waals surface area contributed by atoms with Crippen LogP contribution >= 0.6 is 11.8 Å². The van der Waals surface area contributed by atoms with Crippen LogP contribution < -0.4 is 5.73 Å². The van der Waals surface area contributed by atoms with Crippen LogP contribution in [0.4, 0.5) is 0 Å². The first-order valence-corrected chi connectivity index (χ1v) is 5.14. The maximum atomic E-state index is 5.73. The predicted molar refractivity (Wildman–Crippen MR) is 50.0 cm³/mol. The molecule has 0 aromatic heterocycles. The van der Waals surface area contributed by atoms with Gasteiger partial charge < -0.3 is 10.5 Å². The molecule has 3 heteroatoms. The summed E-state index contributed by atoms with van der Waals surface area (Å²) in [5.74, 6) is 1.28. The number of hydrogen-bond acceptors (Lipinski definition) is 3. The smallest absolute Gasteiger partial charge is 0.0476 e. The van der Waals surface area contributed by atoms with E-state index < -0.39 is 0 Å². The molecule has 1 fully saturated rings. The minimum atomic E-state index is 0.357. The van der Waals surface area contributed by atoms with Crippen LogP contribution in [0, 0.1) is 0 Å². The zero-order valence-corrected chi connectivity index (χ0v) is 7.95. The van der Waals surface area contributed by atoms with Gasteiger partial charge in [0.15, 0.2) is 0 Å². The van der Waals surface area contributed by atoms with Crippen molar-refractivity contribution >= 4 is 11.8 Å². The number of hydrogen-bond donors (Lipinski definition) is 1. The Morgan fingerprint density at radius 2 is 2.45 bits per heavy atom. The highest BCUT2D eigenvalue weighted by molar-refractivity contribution is 8.00. The lowest BCUT2D eigenvalue weighted by atomic mass is 10.00. The average Bonchev–Trinajstić information content (AvgIpc) is 2.50. The van der Waals surface area contributed by atoms with Crippen LogP contribution in [0.3, 0.4) is 0 Å². The van der Waals surface area contributed by atoms with Crippen LogP contribution in [0.15, 0.2) is 0 Å². The Kier molecular flexibility index (Phi) is 3.69. The van der Waals surface area contributed by atoms with Gasteiger partial charge in [-0.05, 0) is 25.0 Å². The quantitative estimate of drug-likeness (QED) is 0.698. The molecule has 2 N–H and O–H groups in total. The molecule has 0 aromatic carbocycles. The summed E-state index contributed by atoms with van der Waals surface area (Å²) in [6.45, 7) is 1.66. The largest absolute Gasteiger partial charge is 0.385 e. The molecule has 1 aliphatic rings. The van der Waals surface area contributed by atoms with E-state index in [-0.39, 0.29) is 0 Å². The molecule has 1 rings (SSSR count). The number of nitrogens with two attached hydrogens (primary N) is 1. The van der Waals surface area contributed by atoms with E-state index in [1.165, 1.54) is 18.6 Å². The summed E-state index contributed by atoms with van der Waals surface area (Å²) in [4.78, 5) is 0. The SMILES string of the molecule is COCCC1(CN)CCCS1. The van der Waals surface area contributed by atoms with Gasteiger partial charge in [-0.15, -0.1) is 0 Å². The van der Waals surface area contributed by atoms with Crippen LogP contribution in [0.5, 0.6) is 0 Å². The third kappa shape index (κ3) is 2.36. The zero-order chi connectivity index (χ0) is 8.16. The van der Waals surface area contributed by atoms with Crippen molar-refractivity contribution in [2.45, 2.75) is 24.0 Å². The summed E-state index contributed by atoms with van der Waals surface area (Å²) in [6.07, 6.45) is 3.72. The molecule has 0 aromatic rings. The monoisotopic (exact) mass is 175 g/mol. The fourth-order valence-corrected chi connectivity index (χ4v) is 2.86. The van der Waals surface area contributed by atoms with Crippen LogP contribution in [0.25, 0.3) is 0 Å². The summed E-state index contributed by atoms with van der Waals surface area (Å²) < 4.78 is 5.42. The summed E-state index contributed by atoms with van der Waals surface area (Å²) >= 11 is 2.02. The Balaban J connectivity index is 2.33. The fourth-order valence-electron chi connectivity index (χ4n) is 1.50. The van der Waals surface area contributed by atoms with Gasteiger partial charge in [0.1, 0.15) is 0 Å². The highest BCUT2D eigenvalue weighted by atomic mass is 32.2. The van der Waals surface area contributed by atoms with Gasteiger partial charge in [0.25, 0.3) is 0 Å². The van der Waals surface area contributed by atoms with Crippen molar-refractivity contribution in [1.29, 1.82) is 0 Å². The second-order valence-electron chi connectivity index (χ2n) is 3.08. The number of methoxy groups -OCH3 is 1. The van der Waals surface area contributed by atoms with Crippen LogP contribution in [-0.4, -0.2) is 30.8 Å². The third-order valence-corrected chi connectivity index (χ3v) is 4.00. The predicted octanol–water partition coefficient (Wildman–Crippen LogP) is 1.25. The van der Waals surface area contributed by atoms with Crippen molar-refractivity contribution in [3.63, 3.8) is 0 Å². The molecule has 2 nitrogen and oxygen atoms in total. The number of ether oxygens (including phenoxy) is 1. The van der Waals surface area contributed by atoms with Crippen molar-refractivity contribution in [2.75, 3.05) is 26.0 Å². The van der Waals surface area contributed by atoms with Gasteiger partial charge in [-0.1, -0.05) is 0 Å². The Morgan fingerprint density at radius 3 is 2.91 bits per heavy atom. The topological polar surface area (TPSA) is 35.2 Å². The maximum absolute atomic E-state index is 5.73. The van der Waals surface area contributed by atoms with Crippen LogP contribution in [-0.2, 0) is 4.74 Å². The molecular weight excluding hydrogens is 158 g/mol. The Bertz CT molecular complexity index is 113. The number of thioether (sulfide) groups is 1. The van der Waals surface area contributed by atoms with Gasteiger partial charge in [-0.2, -0.15) is 11.8 Å². The first-order valence-electron chi connectivity index (χ1n) is 4.16. The van der Waals surface area contributed by atoms with Crippen molar-refractivity contribution in [1.82, 2.24) is 0 Å². The van der Waals surface area contributed by atoms with Gasteiger partial charge in [0.05, 0.1) is 0 Å². The molecule has 0 bridgehead atoms. The molecule has 0 spiro atoms. The standard InChI is InChI=1S/C8H17NOS/c1-10-5-4-8(7-9)3-2-6-11-8/h2-7,9H2,1H3. The molecule has 1 saturated heterocycles. The molecule has 1 heterocycles. The first-order chi connectivity index (χ1) is 5.33. The van der Waals surface area contributed by atoms with E-state index in [4.69, 9.17) is 10.5 Å². The highest BCUT2D eigenvalue weighted by Crippen LogP contribution is 2.39. The van der Waals surface area contributed by atoms with Crippen molar-refractivity contribution in [2.24, 2.45) is 5.73 Å². The second kappa shape index (κ2) is 4.33. The van der Waals surface area contributed by atoms with E-state index in [0.717, 1.165) is 19.6 Å². The van der Waals surface area contributed by atoms with E-state index in [1.54, 1.807) is 7.11 Å². The van der Waals surface area contributed by atoms with Crippen LogP contribution in [0.2, 0.25) is 0 Å². The summed E-state index contributed by atoms with van der Waals surface area (Å²) in [7, 11) is 1.75. The van der Waals surface area contributed by atoms with E-state index in [2.05, 4.69) is 0 Å². The van der Waals surface area contributed by atoms with Gasteiger partial charge in [0.2, 0.25) is 0 Å². The molecule has 66 valence electrons. The molecule has 0 amide bonds.